The number of carbonyl (C=O) groups is 2. The number of benzene rings is 2. The topological polar surface area (TPSA) is 108 Å². The number of hydrogen-bond acceptors (Lipinski definition) is 7. The zero-order valence-corrected chi connectivity index (χ0v) is 37.2. The molecule has 0 saturated heterocycles. The lowest BCUT2D eigenvalue weighted by Gasteiger charge is -2.23. The zero-order valence-electron chi connectivity index (χ0n) is 37.2. The van der Waals surface area contributed by atoms with Crippen molar-refractivity contribution < 1.29 is 55.2 Å². The summed E-state index contributed by atoms with van der Waals surface area (Å²) in [5, 5.41) is 9.30. The Kier molecular flexibility index (Phi) is 15.9. The summed E-state index contributed by atoms with van der Waals surface area (Å²) in [5.41, 5.74) is 4.62. The summed E-state index contributed by atoms with van der Waals surface area (Å²) < 4.78 is 98.5. The highest BCUT2D eigenvalue weighted by Crippen LogP contribution is 2.47. The van der Waals surface area contributed by atoms with Crippen LogP contribution in [0.1, 0.15) is 164 Å². The van der Waals surface area contributed by atoms with E-state index in [0.29, 0.717) is 84.5 Å². The van der Waals surface area contributed by atoms with Crippen LogP contribution in [0.25, 0.3) is 22.3 Å². The fourth-order valence-electron chi connectivity index (χ4n) is 9.63. The summed E-state index contributed by atoms with van der Waals surface area (Å²) in [6.45, 7) is 3.00. The molecule has 2 aromatic carbocycles. The average molecular weight is 919 g/mol. The largest absolute Gasteiger partial charge is 0.493 e. The van der Waals surface area contributed by atoms with Crippen molar-refractivity contribution in [1.82, 2.24) is 9.97 Å². The second kappa shape index (κ2) is 21.8. The molecule has 0 unspecified atom stereocenters. The highest BCUT2D eigenvalue weighted by atomic mass is 19.4. The Bertz CT molecular complexity index is 2410. The van der Waals surface area contributed by atoms with Crippen molar-refractivity contribution in [3.8, 4) is 11.5 Å². The van der Waals surface area contributed by atoms with Crippen molar-refractivity contribution in [3.05, 3.63) is 118 Å². The van der Waals surface area contributed by atoms with Crippen LogP contribution in [0.3, 0.4) is 0 Å². The number of ether oxygens (including phenoxy) is 3. The minimum atomic E-state index is -4.46. The van der Waals surface area contributed by atoms with Gasteiger partial charge < -0.3 is 19.3 Å². The molecule has 8 nitrogen and oxygen atoms in total. The fraction of sp³-hybridized carbons (Fsp3) is 0.462. The molecule has 14 heteroatoms. The number of aromatic nitrogens is 2. The first-order chi connectivity index (χ1) is 31.7. The summed E-state index contributed by atoms with van der Waals surface area (Å²) >= 11 is 0. The monoisotopic (exact) mass is 918 g/mol. The molecular formula is C52H56F6N2O6. The number of carbonyl (C=O) groups excluding carboxylic acids is 1. The molecule has 66 heavy (non-hydrogen) atoms. The van der Waals surface area contributed by atoms with Gasteiger partial charge in [0, 0.05) is 35.9 Å². The van der Waals surface area contributed by atoms with Crippen LogP contribution in [-0.4, -0.2) is 46.8 Å². The van der Waals surface area contributed by atoms with E-state index < -0.39 is 35.4 Å². The minimum absolute atomic E-state index is 0.0547. The van der Waals surface area contributed by atoms with Gasteiger partial charge in [0.15, 0.2) is 0 Å². The van der Waals surface area contributed by atoms with E-state index in [2.05, 4.69) is 9.97 Å². The van der Waals surface area contributed by atoms with E-state index in [-0.39, 0.29) is 12.2 Å². The van der Waals surface area contributed by atoms with E-state index in [1.165, 1.54) is 68.4 Å². The Balaban J connectivity index is 0.000000197. The first kappa shape index (κ1) is 48.3. The van der Waals surface area contributed by atoms with E-state index in [1.807, 2.05) is 0 Å². The molecule has 1 N–H and O–H groups in total. The highest BCUT2D eigenvalue weighted by molar-refractivity contribution is 5.97. The van der Waals surface area contributed by atoms with E-state index in [1.54, 1.807) is 25.4 Å². The number of carboxylic acid groups (broad SMARTS) is 1. The van der Waals surface area contributed by atoms with Crippen LogP contribution in [0.2, 0.25) is 0 Å². The van der Waals surface area contributed by atoms with Crippen molar-refractivity contribution in [3.63, 3.8) is 0 Å². The molecule has 2 aromatic heterocycles. The lowest BCUT2D eigenvalue weighted by Crippen LogP contribution is -2.16. The van der Waals surface area contributed by atoms with Crippen LogP contribution < -0.4 is 9.47 Å². The summed E-state index contributed by atoms with van der Waals surface area (Å²) in [5.74, 6) is 0.254. The molecule has 2 saturated carbocycles. The maximum Gasteiger partial charge on any atom is 0.416 e. The quantitative estimate of drug-likeness (QED) is 0.104. The smallest absolute Gasteiger partial charge is 0.416 e. The van der Waals surface area contributed by atoms with E-state index >= 15 is 0 Å². The summed E-state index contributed by atoms with van der Waals surface area (Å²) in [6, 6.07) is 10.7. The van der Waals surface area contributed by atoms with Crippen LogP contribution in [0, 0.1) is 11.8 Å². The molecule has 2 heterocycles. The van der Waals surface area contributed by atoms with Gasteiger partial charge in [-0.3, -0.25) is 9.97 Å². The van der Waals surface area contributed by atoms with E-state index in [4.69, 9.17) is 14.2 Å². The predicted molar refractivity (Wildman–Crippen MR) is 240 cm³/mol. The lowest BCUT2D eigenvalue weighted by atomic mass is 9.90. The van der Waals surface area contributed by atoms with Crippen LogP contribution in [-0.2, 0) is 17.1 Å². The molecule has 0 amide bonds. The van der Waals surface area contributed by atoms with Gasteiger partial charge in [0.2, 0.25) is 0 Å². The van der Waals surface area contributed by atoms with Gasteiger partial charge in [0.1, 0.15) is 11.5 Å². The molecule has 0 bridgehead atoms. The normalized spacial score (nSPS) is 17.4. The van der Waals surface area contributed by atoms with Crippen molar-refractivity contribution in [1.29, 1.82) is 0 Å². The predicted octanol–water partition coefficient (Wildman–Crippen LogP) is 14.2. The third-order valence-electron chi connectivity index (χ3n) is 13.0. The number of allylic oxidation sites excluding steroid dienone is 4. The Morgan fingerprint density at radius 2 is 1.00 bits per heavy atom. The molecule has 0 atom stereocenters. The van der Waals surface area contributed by atoms with Crippen LogP contribution in [0.15, 0.2) is 73.3 Å². The molecule has 0 aliphatic heterocycles. The Hall–Kier alpha value is -5.66. The number of alkyl halides is 6. The van der Waals surface area contributed by atoms with Gasteiger partial charge in [0.05, 0.1) is 42.1 Å². The molecule has 4 aliphatic rings. The molecule has 0 spiro atoms. The maximum atomic E-state index is 13.6. The number of aromatic carboxylic acids is 1. The molecule has 4 aromatic rings. The first-order valence-electron chi connectivity index (χ1n) is 23.1. The molecule has 4 aliphatic carbocycles. The standard InChI is InChI=1S/C27H30F3NO3.C25H26F3NO3/c1-2-33-26(32)20-13-19(15-31-16-20)22-9-6-10-23(22)24-14-21(27(28,29)30)11-12-25(24)34-17-18-7-4-3-5-8-18;26-25(27,28)19-9-10-23(32-15-16-5-2-1-3-6-16)22(12-19)21-8-4-7-20(21)17-11-18(24(30)31)14-29-13-17/h11-16,18H,2-10,17H2,1H3;9-14,16H,1-8,15H2,(H,30,31). The molecule has 8 rings (SSSR count). The van der Waals surface area contributed by atoms with Gasteiger partial charge >= 0.3 is 24.3 Å². The number of halogens is 6. The van der Waals surface area contributed by atoms with Gasteiger partial charge in [-0.15, -0.1) is 0 Å². The fourth-order valence-corrected chi connectivity index (χ4v) is 9.63. The van der Waals surface area contributed by atoms with Crippen molar-refractivity contribution in [2.75, 3.05) is 19.8 Å². The number of hydrogen-bond donors (Lipinski definition) is 1. The SMILES string of the molecule is CCOC(=O)c1cncc(C2=C(c3cc(C(F)(F)F)ccc3OCC3CCCCC3)CCC2)c1.O=C(O)c1cncc(C2=C(c3cc(C(F)(F)F)ccc3OCC3CCCCC3)CCC2)c1. The van der Waals surface area contributed by atoms with Crippen molar-refractivity contribution >= 4 is 34.2 Å². The first-order valence-corrected chi connectivity index (χ1v) is 23.1. The highest BCUT2D eigenvalue weighted by Gasteiger charge is 2.34. The average Bonchev–Trinajstić information content (AvgIpc) is 4.02. The zero-order chi connectivity index (χ0) is 46.8. The minimum Gasteiger partial charge on any atom is -0.493 e. The van der Waals surface area contributed by atoms with E-state index in [9.17, 15) is 41.0 Å². The molecular weight excluding hydrogens is 863 g/mol. The third kappa shape index (κ3) is 12.2. The van der Waals surface area contributed by atoms with Gasteiger partial charge in [-0.05, 0) is 165 Å². The van der Waals surface area contributed by atoms with Gasteiger partial charge in [0.25, 0.3) is 0 Å². The van der Waals surface area contributed by atoms with Gasteiger partial charge in [-0.25, -0.2) is 9.59 Å². The number of esters is 1. The summed E-state index contributed by atoms with van der Waals surface area (Å²) in [4.78, 5) is 31.8. The lowest BCUT2D eigenvalue weighted by molar-refractivity contribution is -0.138. The number of pyridine rings is 2. The maximum absolute atomic E-state index is 13.6. The Morgan fingerprint density at radius 3 is 1.42 bits per heavy atom. The van der Waals surface area contributed by atoms with Crippen LogP contribution in [0.4, 0.5) is 26.3 Å². The Morgan fingerprint density at radius 1 is 0.576 bits per heavy atom. The van der Waals surface area contributed by atoms with E-state index in [0.717, 1.165) is 91.4 Å². The van der Waals surface area contributed by atoms with Crippen molar-refractivity contribution in [2.45, 2.75) is 122 Å². The number of rotatable bonds is 13. The van der Waals surface area contributed by atoms with Gasteiger partial charge in [-0.1, -0.05) is 38.5 Å². The van der Waals surface area contributed by atoms with Crippen molar-refractivity contribution in [2.24, 2.45) is 11.8 Å². The third-order valence-corrected chi connectivity index (χ3v) is 13.0. The number of nitrogens with zero attached hydrogens (tertiary/aromatic N) is 2. The molecule has 0 radical (unpaired) electrons. The van der Waals surface area contributed by atoms with Crippen LogP contribution >= 0.6 is 0 Å². The summed E-state index contributed by atoms with van der Waals surface area (Å²) in [6.07, 6.45) is 12.7. The summed E-state index contributed by atoms with van der Waals surface area (Å²) in [7, 11) is 0. The number of carboxylic acids is 1. The second-order valence-corrected chi connectivity index (χ2v) is 17.6. The Labute approximate surface area is 381 Å². The van der Waals surface area contributed by atoms with Gasteiger partial charge in [-0.2, -0.15) is 26.3 Å². The molecule has 352 valence electrons. The molecule has 2 fully saturated rings. The second-order valence-electron chi connectivity index (χ2n) is 17.6. The van der Waals surface area contributed by atoms with Crippen LogP contribution in [0.5, 0.6) is 11.5 Å².